The fraction of sp³-hybridized carbons (Fsp3) is 0.312. The number of hydrogen-bond donors (Lipinski definition) is 3. The Bertz CT molecular complexity index is 1280. The van der Waals surface area contributed by atoms with Gasteiger partial charge in [-0.1, -0.05) is 66.7 Å². The minimum absolute atomic E-state index is 0.286. The van der Waals surface area contributed by atoms with Gasteiger partial charge in [-0.2, -0.15) is 0 Å². The van der Waals surface area contributed by atoms with Gasteiger partial charge in [-0.15, -0.1) is 0 Å². The molecule has 4 aromatic rings. The summed E-state index contributed by atoms with van der Waals surface area (Å²) in [4.78, 5) is 0. The van der Waals surface area contributed by atoms with E-state index in [-0.39, 0.29) is 11.4 Å². The van der Waals surface area contributed by atoms with Crippen molar-refractivity contribution in [2.75, 3.05) is 19.7 Å². The van der Waals surface area contributed by atoms with E-state index in [2.05, 4.69) is 23.5 Å². The highest BCUT2D eigenvalue weighted by Gasteiger charge is 2.35. The molecule has 0 aliphatic carbocycles. The summed E-state index contributed by atoms with van der Waals surface area (Å²) >= 11 is 0. The third kappa shape index (κ3) is 6.13. The predicted octanol–water partition coefficient (Wildman–Crippen LogP) is 6.23. The van der Waals surface area contributed by atoms with Gasteiger partial charge in [0.15, 0.2) is 0 Å². The first kappa shape index (κ1) is 25.3. The maximum atomic E-state index is 10.5. The maximum absolute atomic E-state index is 10.5. The zero-order valence-electron chi connectivity index (χ0n) is 21.1. The number of hydrogen-bond acceptors (Lipinski definition) is 5. The van der Waals surface area contributed by atoms with Crippen LogP contribution in [0.15, 0.2) is 91.0 Å². The smallest absolute Gasteiger partial charge is 0.123 e. The summed E-state index contributed by atoms with van der Waals surface area (Å²) < 4.78 is 12.6. The van der Waals surface area contributed by atoms with Crippen molar-refractivity contribution in [3.05, 3.63) is 108 Å². The summed E-state index contributed by atoms with van der Waals surface area (Å²) in [6.07, 6.45) is 2.73. The summed E-state index contributed by atoms with van der Waals surface area (Å²) in [6.45, 7) is 2.77. The van der Waals surface area contributed by atoms with Crippen molar-refractivity contribution < 1.29 is 19.7 Å². The van der Waals surface area contributed by atoms with E-state index in [0.717, 1.165) is 65.6 Å². The molecule has 1 atom stereocenters. The second kappa shape index (κ2) is 11.8. The van der Waals surface area contributed by atoms with E-state index in [9.17, 15) is 10.2 Å². The first-order valence-electron chi connectivity index (χ1n) is 13.1. The van der Waals surface area contributed by atoms with E-state index in [1.807, 2.05) is 72.8 Å². The number of ether oxygens (including phenoxy) is 2. The standard InChI is InChI=1S/C32H35NO4/c34-30(25-7-2-1-3-8-25)11-6-20-36-28-14-12-27(13-15-28)32(16-18-33-19-17-32)37-23-24-21-26-9-4-5-10-29(26)31(35)22-24/h1-5,7-10,12-15,21-22,30,33-35H,6,11,16-20,23H2. The molecule has 5 rings (SSSR count). The molecule has 0 spiro atoms. The fourth-order valence-electron chi connectivity index (χ4n) is 5.17. The van der Waals surface area contributed by atoms with Crippen LogP contribution in [-0.4, -0.2) is 29.9 Å². The molecule has 0 saturated carbocycles. The van der Waals surface area contributed by atoms with E-state index >= 15 is 0 Å². The number of fused-ring (bicyclic) bond motifs is 1. The van der Waals surface area contributed by atoms with Crippen LogP contribution >= 0.6 is 0 Å². The summed E-state index contributed by atoms with van der Waals surface area (Å²) in [5.74, 6) is 1.11. The van der Waals surface area contributed by atoms with Crippen molar-refractivity contribution in [3.8, 4) is 11.5 Å². The van der Waals surface area contributed by atoms with E-state index in [1.54, 1.807) is 0 Å². The van der Waals surface area contributed by atoms with Gasteiger partial charge in [-0.05, 0) is 85.1 Å². The molecule has 0 aromatic heterocycles. The lowest BCUT2D eigenvalue weighted by Gasteiger charge is -2.38. The van der Waals surface area contributed by atoms with Crippen molar-refractivity contribution in [1.82, 2.24) is 5.32 Å². The molecule has 1 heterocycles. The van der Waals surface area contributed by atoms with Crippen LogP contribution in [-0.2, 0) is 16.9 Å². The molecular formula is C32H35NO4. The van der Waals surface area contributed by atoms with Crippen LogP contribution < -0.4 is 10.1 Å². The summed E-state index contributed by atoms with van der Waals surface area (Å²) in [5.41, 5.74) is 2.67. The number of benzene rings is 4. The number of aliphatic hydroxyl groups excluding tert-OH is 1. The number of nitrogens with one attached hydrogen (secondary N) is 1. The lowest BCUT2D eigenvalue weighted by Crippen LogP contribution is -2.41. The molecular weight excluding hydrogens is 462 g/mol. The van der Waals surface area contributed by atoms with Gasteiger partial charge in [0, 0.05) is 5.39 Å². The molecule has 3 N–H and O–H groups in total. The van der Waals surface area contributed by atoms with Gasteiger partial charge in [0.25, 0.3) is 0 Å². The van der Waals surface area contributed by atoms with Crippen molar-refractivity contribution in [3.63, 3.8) is 0 Å². The minimum atomic E-state index is -0.464. The lowest BCUT2D eigenvalue weighted by atomic mass is 9.84. The number of phenolic OH excluding ortho intramolecular Hbond substituents is 1. The Morgan fingerprint density at radius 1 is 0.865 bits per heavy atom. The highest BCUT2D eigenvalue weighted by Crippen LogP contribution is 2.37. The van der Waals surface area contributed by atoms with Gasteiger partial charge in [0.2, 0.25) is 0 Å². The number of phenols is 1. The average Bonchev–Trinajstić information content (AvgIpc) is 2.95. The predicted molar refractivity (Wildman–Crippen MR) is 147 cm³/mol. The third-order valence-corrected chi connectivity index (χ3v) is 7.28. The van der Waals surface area contributed by atoms with E-state index in [1.165, 1.54) is 0 Å². The molecule has 1 aliphatic heterocycles. The van der Waals surface area contributed by atoms with Gasteiger partial charge in [-0.3, -0.25) is 0 Å². The van der Waals surface area contributed by atoms with Crippen LogP contribution in [0.3, 0.4) is 0 Å². The highest BCUT2D eigenvalue weighted by molar-refractivity contribution is 5.88. The molecule has 1 fully saturated rings. The highest BCUT2D eigenvalue weighted by atomic mass is 16.5. The fourth-order valence-corrected chi connectivity index (χ4v) is 5.17. The lowest BCUT2D eigenvalue weighted by molar-refractivity contribution is -0.0820. The van der Waals surface area contributed by atoms with Gasteiger partial charge in [0.1, 0.15) is 11.5 Å². The molecule has 37 heavy (non-hydrogen) atoms. The Morgan fingerprint density at radius 2 is 1.59 bits per heavy atom. The molecule has 192 valence electrons. The molecule has 1 saturated heterocycles. The van der Waals surface area contributed by atoms with Gasteiger partial charge < -0.3 is 25.0 Å². The largest absolute Gasteiger partial charge is 0.507 e. The van der Waals surface area contributed by atoms with Crippen LogP contribution in [0.4, 0.5) is 0 Å². The molecule has 5 nitrogen and oxygen atoms in total. The second-order valence-electron chi connectivity index (χ2n) is 9.81. The van der Waals surface area contributed by atoms with Gasteiger partial charge in [0.05, 0.1) is 24.9 Å². The average molecular weight is 498 g/mol. The minimum Gasteiger partial charge on any atom is -0.507 e. The Kier molecular flexibility index (Phi) is 8.05. The first-order valence-corrected chi connectivity index (χ1v) is 13.1. The molecule has 5 heteroatoms. The zero-order chi connectivity index (χ0) is 25.5. The van der Waals surface area contributed by atoms with E-state index in [0.29, 0.717) is 19.6 Å². The Hall–Kier alpha value is -3.38. The number of aliphatic hydroxyl groups is 1. The van der Waals surface area contributed by atoms with Crippen LogP contribution in [0.25, 0.3) is 10.8 Å². The normalized spacial score (nSPS) is 15.9. The van der Waals surface area contributed by atoms with Crippen LogP contribution in [0.2, 0.25) is 0 Å². The van der Waals surface area contributed by atoms with Gasteiger partial charge in [-0.25, -0.2) is 0 Å². The number of piperidine rings is 1. The van der Waals surface area contributed by atoms with Crippen molar-refractivity contribution in [2.45, 2.75) is 44.0 Å². The summed E-state index contributed by atoms with van der Waals surface area (Å²) in [7, 11) is 0. The SMILES string of the molecule is Oc1cc(COC2(c3ccc(OCCCC(O)c4ccccc4)cc3)CCNCC2)cc2ccccc12. The quantitative estimate of drug-likeness (QED) is 0.227. The van der Waals surface area contributed by atoms with Crippen molar-refractivity contribution in [2.24, 2.45) is 0 Å². The third-order valence-electron chi connectivity index (χ3n) is 7.28. The zero-order valence-corrected chi connectivity index (χ0v) is 21.1. The number of aromatic hydroxyl groups is 1. The summed E-state index contributed by atoms with van der Waals surface area (Å²) in [6, 6.07) is 29.7. The number of rotatable bonds is 10. The van der Waals surface area contributed by atoms with Crippen molar-refractivity contribution >= 4 is 10.8 Å². The molecule has 1 unspecified atom stereocenters. The summed E-state index contributed by atoms with van der Waals surface area (Å²) in [5, 5.41) is 26.1. The van der Waals surface area contributed by atoms with Gasteiger partial charge >= 0.3 is 0 Å². The molecule has 0 radical (unpaired) electrons. The monoisotopic (exact) mass is 497 g/mol. The van der Waals surface area contributed by atoms with Crippen LogP contribution in [0.1, 0.15) is 48.5 Å². The Labute approximate surface area is 218 Å². The molecule has 0 amide bonds. The first-order chi connectivity index (χ1) is 18.1. The topological polar surface area (TPSA) is 71.0 Å². The van der Waals surface area contributed by atoms with E-state index in [4.69, 9.17) is 9.47 Å². The Balaban J connectivity index is 1.20. The molecule has 0 bridgehead atoms. The van der Waals surface area contributed by atoms with Crippen molar-refractivity contribution in [1.29, 1.82) is 0 Å². The van der Waals surface area contributed by atoms with Crippen LogP contribution in [0, 0.1) is 0 Å². The van der Waals surface area contributed by atoms with E-state index < -0.39 is 6.10 Å². The second-order valence-corrected chi connectivity index (χ2v) is 9.81. The molecule has 1 aliphatic rings. The van der Waals surface area contributed by atoms with Crippen LogP contribution in [0.5, 0.6) is 11.5 Å². The Morgan fingerprint density at radius 3 is 2.38 bits per heavy atom. The molecule has 4 aromatic carbocycles. The maximum Gasteiger partial charge on any atom is 0.123 e.